The smallest absolute Gasteiger partial charge is 0.229 e. The molecule has 174 valence electrons. The zero-order valence-electron chi connectivity index (χ0n) is 18.7. The largest absolute Gasteiger partial charge is 0.462 e. The third kappa shape index (κ3) is 5.60. The van der Waals surface area contributed by atoms with Gasteiger partial charge >= 0.3 is 0 Å². The highest BCUT2D eigenvalue weighted by atomic mass is 35.5. The number of rotatable bonds is 7. The number of aliphatic hydroxyl groups is 2. The highest BCUT2D eigenvalue weighted by Crippen LogP contribution is 2.35. The maximum Gasteiger partial charge on any atom is 0.229 e. The number of hydrogen-bond donors (Lipinski definition) is 3. The van der Waals surface area contributed by atoms with Crippen LogP contribution in [-0.4, -0.2) is 60.0 Å². The summed E-state index contributed by atoms with van der Waals surface area (Å²) in [7, 11) is 1.46. The van der Waals surface area contributed by atoms with Gasteiger partial charge in [0.15, 0.2) is 0 Å². The lowest BCUT2D eigenvalue weighted by molar-refractivity contribution is -0.305. The fourth-order valence-electron chi connectivity index (χ4n) is 3.98. The molecule has 1 heterocycles. The highest BCUT2D eigenvalue weighted by molar-refractivity contribution is 6.30. The number of amides is 1. The van der Waals surface area contributed by atoms with Gasteiger partial charge in [0.2, 0.25) is 12.2 Å². The first kappa shape index (κ1) is 24.5. The summed E-state index contributed by atoms with van der Waals surface area (Å²) >= 11 is 6.20. The van der Waals surface area contributed by atoms with Gasteiger partial charge in [-0.25, -0.2) is 0 Å². The van der Waals surface area contributed by atoms with E-state index in [4.69, 9.17) is 25.8 Å². The van der Waals surface area contributed by atoms with Gasteiger partial charge in [-0.3, -0.25) is 4.79 Å². The number of halogens is 1. The van der Waals surface area contributed by atoms with Crippen molar-refractivity contribution < 1.29 is 29.2 Å². The van der Waals surface area contributed by atoms with E-state index < -0.39 is 30.2 Å². The second-order valence-corrected chi connectivity index (χ2v) is 8.84. The van der Waals surface area contributed by atoms with E-state index in [2.05, 4.69) is 5.32 Å². The number of ether oxygens (including phenoxy) is 3. The lowest BCUT2D eigenvalue weighted by Crippen LogP contribution is -2.63. The topological polar surface area (TPSA) is 97.3 Å². The molecule has 0 saturated carbocycles. The van der Waals surface area contributed by atoms with Gasteiger partial charge in [-0.05, 0) is 61.2 Å². The van der Waals surface area contributed by atoms with Crippen molar-refractivity contribution in [1.82, 2.24) is 5.32 Å². The average Bonchev–Trinajstić information content (AvgIpc) is 2.72. The van der Waals surface area contributed by atoms with Crippen molar-refractivity contribution >= 4 is 17.5 Å². The Morgan fingerprint density at radius 1 is 1.19 bits per heavy atom. The van der Waals surface area contributed by atoms with E-state index in [0.717, 1.165) is 16.7 Å². The summed E-state index contributed by atoms with van der Waals surface area (Å²) in [6.45, 7) is 5.52. The fourth-order valence-corrected chi connectivity index (χ4v) is 4.17. The quantitative estimate of drug-likeness (QED) is 0.584. The van der Waals surface area contributed by atoms with Gasteiger partial charge in [-0.1, -0.05) is 29.8 Å². The van der Waals surface area contributed by atoms with Crippen molar-refractivity contribution in [3.63, 3.8) is 0 Å². The zero-order chi connectivity index (χ0) is 23.5. The van der Waals surface area contributed by atoms with Gasteiger partial charge in [0.05, 0.1) is 5.60 Å². The molecule has 1 aliphatic heterocycles. The fraction of sp³-hybridized carbons (Fsp3) is 0.458. The number of methoxy groups -OCH3 is 1. The van der Waals surface area contributed by atoms with Gasteiger partial charge in [0, 0.05) is 25.6 Å². The molecule has 0 aromatic heterocycles. The number of aliphatic hydroxyl groups excluding tert-OH is 2. The number of benzene rings is 2. The van der Waals surface area contributed by atoms with Gasteiger partial charge < -0.3 is 29.7 Å². The van der Waals surface area contributed by atoms with Crippen LogP contribution in [0.3, 0.4) is 0 Å². The number of carbonyl (C=O) groups is 1. The molecule has 2 unspecified atom stereocenters. The lowest BCUT2D eigenvalue weighted by atomic mass is 9.89. The van der Waals surface area contributed by atoms with E-state index in [1.807, 2.05) is 30.3 Å². The molecule has 32 heavy (non-hydrogen) atoms. The molecule has 0 spiro atoms. The summed E-state index contributed by atoms with van der Waals surface area (Å²) in [4.78, 5) is 11.2. The van der Waals surface area contributed by atoms with Crippen LogP contribution in [0.2, 0.25) is 5.02 Å². The van der Waals surface area contributed by atoms with Gasteiger partial charge in [0.25, 0.3) is 0 Å². The molecule has 0 aliphatic carbocycles. The zero-order valence-corrected chi connectivity index (χ0v) is 19.4. The van der Waals surface area contributed by atoms with E-state index in [9.17, 15) is 15.0 Å². The maximum absolute atomic E-state index is 11.2. The van der Waals surface area contributed by atoms with Crippen LogP contribution < -0.4 is 10.1 Å². The standard InChI is InChI=1S/C24H30ClNO6/c1-14(27)26-11-10-15-8-9-18(13-19(15)16-6-5-7-17(25)12-16)31-23-21(29)20(28)22(30-4)24(2,3)32-23/h5-9,12-13,20-23,28-29H,10-11H2,1-4H3,(H,26,27)/t20-,21+,22?,23?/m0/s1. The van der Waals surface area contributed by atoms with E-state index in [1.54, 1.807) is 26.0 Å². The van der Waals surface area contributed by atoms with Crippen LogP contribution in [0.1, 0.15) is 26.3 Å². The first-order valence-corrected chi connectivity index (χ1v) is 10.9. The van der Waals surface area contributed by atoms with Crippen molar-refractivity contribution in [1.29, 1.82) is 0 Å². The predicted molar refractivity (Wildman–Crippen MR) is 122 cm³/mol. The van der Waals surface area contributed by atoms with Crippen LogP contribution in [-0.2, 0) is 20.7 Å². The second-order valence-electron chi connectivity index (χ2n) is 8.41. The van der Waals surface area contributed by atoms with Gasteiger partial charge in [-0.2, -0.15) is 0 Å². The first-order chi connectivity index (χ1) is 15.1. The normalized spacial score (nSPS) is 24.7. The Bertz CT molecular complexity index is 950. The molecule has 3 rings (SSSR count). The summed E-state index contributed by atoms with van der Waals surface area (Å²) in [5.74, 6) is 0.374. The van der Waals surface area contributed by atoms with Crippen molar-refractivity contribution in [2.24, 2.45) is 0 Å². The molecule has 1 amide bonds. The summed E-state index contributed by atoms with van der Waals surface area (Å²) in [6.07, 6.45) is -3.62. The highest BCUT2D eigenvalue weighted by Gasteiger charge is 2.50. The van der Waals surface area contributed by atoms with Crippen molar-refractivity contribution in [2.75, 3.05) is 13.7 Å². The van der Waals surface area contributed by atoms with Gasteiger partial charge in [0.1, 0.15) is 24.1 Å². The van der Waals surface area contributed by atoms with Gasteiger partial charge in [-0.15, -0.1) is 0 Å². The van der Waals surface area contributed by atoms with E-state index in [-0.39, 0.29) is 5.91 Å². The SMILES string of the molecule is COC1[C@@H](O)[C@@H](O)C(Oc2ccc(CCNC(C)=O)c(-c3cccc(Cl)c3)c2)OC1(C)C. The monoisotopic (exact) mass is 463 g/mol. The van der Waals surface area contributed by atoms with Crippen LogP contribution in [0.25, 0.3) is 11.1 Å². The minimum atomic E-state index is -1.29. The van der Waals surface area contributed by atoms with E-state index >= 15 is 0 Å². The van der Waals surface area contributed by atoms with Crippen LogP contribution in [0.5, 0.6) is 5.75 Å². The maximum atomic E-state index is 11.2. The third-order valence-electron chi connectivity index (χ3n) is 5.54. The molecule has 1 fully saturated rings. The minimum Gasteiger partial charge on any atom is -0.462 e. The number of nitrogens with one attached hydrogen (secondary N) is 1. The molecule has 4 atom stereocenters. The molecule has 2 aromatic carbocycles. The van der Waals surface area contributed by atoms with Crippen molar-refractivity contribution in [3.8, 4) is 16.9 Å². The van der Waals surface area contributed by atoms with E-state index in [0.29, 0.717) is 23.7 Å². The second kappa shape index (κ2) is 10.2. The Labute approximate surface area is 193 Å². The van der Waals surface area contributed by atoms with Crippen LogP contribution >= 0.6 is 11.6 Å². The molecule has 8 heteroatoms. The van der Waals surface area contributed by atoms with Crippen molar-refractivity contribution in [3.05, 3.63) is 53.1 Å². The average molecular weight is 464 g/mol. The molecule has 1 aliphatic rings. The summed E-state index contributed by atoms with van der Waals surface area (Å²) in [6, 6.07) is 13.0. The molecule has 1 saturated heterocycles. The summed E-state index contributed by atoms with van der Waals surface area (Å²) in [5, 5.41) is 24.4. The lowest BCUT2D eigenvalue weighted by Gasteiger charge is -2.46. The summed E-state index contributed by atoms with van der Waals surface area (Å²) < 4.78 is 17.2. The molecule has 2 aromatic rings. The summed E-state index contributed by atoms with van der Waals surface area (Å²) in [5.41, 5.74) is 1.91. The Morgan fingerprint density at radius 3 is 2.59 bits per heavy atom. The molecular formula is C24H30ClNO6. The first-order valence-electron chi connectivity index (χ1n) is 10.5. The molecular weight excluding hydrogens is 434 g/mol. The van der Waals surface area contributed by atoms with Crippen molar-refractivity contribution in [2.45, 2.75) is 57.4 Å². The molecule has 0 bridgehead atoms. The predicted octanol–water partition coefficient (Wildman–Crippen LogP) is 2.94. The Kier molecular flexibility index (Phi) is 7.79. The number of carbonyl (C=O) groups excluding carboxylic acids is 1. The van der Waals surface area contributed by atoms with Crippen LogP contribution in [0.4, 0.5) is 0 Å². The Morgan fingerprint density at radius 2 is 1.94 bits per heavy atom. The van der Waals surface area contributed by atoms with E-state index in [1.165, 1.54) is 14.0 Å². The number of hydrogen-bond acceptors (Lipinski definition) is 6. The van der Waals surface area contributed by atoms with Crippen LogP contribution in [0, 0.1) is 0 Å². The molecule has 7 nitrogen and oxygen atoms in total. The van der Waals surface area contributed by atoms with Crippen LogP contribution in [0.15, 0.2) is 42.5 Å². The Hall–Kier alpha value is -2.16. The molecule has 3 N–H and O–H groups in total. The third-order valence-corrected chi connectivity index (χ3v) is 5.77. The minimum absolute atomic E-state index is 0.0896. The molecule has 0 radical (unpaired) electrons. The Balaban J connectivity index is 1.89.